The number of carbonyl (C=O) groups is 3. The number of nitrogens with zero attached hydrogens (tertiary/aromatic N) is 5. The Balaban J connectivity index is 1.61. The van der Waals surface area contributed by atoms with Crippen molar-refractivity contribution < 1.29 is 14.4 Å². The van der Waals surface area contributed by atoms with E-state index in [0.29, 0.717) is 23.2 Å². The Hall–Kier alpha value is -3.72. The Bertz CT molecular complexity index is 1290. The summed E-state index contributed by atoms with van der Waals surface area (Å²) in [5.41, 5.74) is 7.50. The van der Waals surface area contributed by atoms with E-state index < -0.39 is 12.0 Å². The maximum absolute atomic E-state index is 13.6. The van der Waals surface area contributed by atoms with Crippen LogP contribution in [0.5, 0.6) is 0 Å². The number of amides is 3. The van der Waals surface area contributed by atoms with E-state index in [4.69, 9.17) is 17.3 Å². The van der Waals surface area contributed by atoms with Gasteiger partial charge in [0.1, 0.15) is 11.9 Å². The van der Waals surface area contributed by atoms with Gasteiger partial charge in [0.25, 0.3) is 5.91 Å². The van der Waals surface area contributed by atoms with Gasteiger partial charge >= 0.3 is 0 Å². The fourth-order valence-electron chi connectivity index (χ4n) is 4.73. The van der Waals surface area contributed by atoms with Gasteiger partial charge in [-0.15, -0.1) is 0 Å². The zero-order valence-corrected chi connectivity index (χ0v) is 21.2. The summed E-state index contributed by atoms with van der Waals surface area (Å²) >= 11 is 6.15. The third-order valence-electron chi connectivity index (χ3n) is 6.70. The Kier molecular flexibility index (Phi) is 7.40. The lowest BCUT2D eigenvalue weighted by Crippen LogP contribution is -2.69. The average molecular weight is 509 g/mol. The van der Waals surface area contributed by atoms with Crippen molar-refractivity contribution in [1.82, 2.24) is 19.4 Å². The summed E-state index contributed by atoms with van der Waals surface area (Å²) in [5.74, 6) is -1.22. The highest BCUT2D eigenvalue weighted by atomic mass is 35.5. The molecular formula is C26H29ClN6O3. The number of nitrogens with two attached hydrogens (primary N) is 1. The molecule has 2 aromatic heterocycles. The fourth-order valence-corrected chi connectivity index (χ4v) is 4.93. The van der Waals surface area contributed by atoms with Crippen molar-refractivity contribution in [3.8, 4) is 0 Å². The largest absolute Gasteiger partial charge is 0.384 e. The molecule has 0 aliphatic carbocycles. The number of benzene rings is 1. The average Bonchev–Trinajstić information content (AvgIpc) is 3.28. The summed E-state index contributed by atoms with van der Waals surface area (Å²) in [6.45, 7) is 1.98. The monoisotopic (exact) mass is 508 g/mol. The number of carbonyl (C=O) groups excluding carboxylic acids is 3. The van der Waals surface area contributed by atoms with Crippen LogP contribution in [-0.4, -0.2) is 50.2 Å². The number of hydrogen-bond donors (Lipinski definition) is 1. The quantitative estimate of drug-likeness (QED) is 0.467. The SMILES string of the molecule is CC[C@@H](CC(=O)N1C(=O)[C@H](Cc2ccnc(N)c2)[C@H]1C(=O)N(C)c1nccn1C)c1cccc(Cl)c1. The number of nitrogen functional groups attached to an aromatic ring is 1. The predicted octanol–water partition coefficient (Wildman–Crippen LogP) is 3.19. The number of anilines is 2. The van der Waals surface area contributed by atoms with Crippen LogP contribution < -0.4 is 10.6 Å². The summed E-state index contributed by atoms with van der Waals surface area (Å²) in [4.78, 5) is 51.1. The molecule has 3 aromatic rings. The third kappa shape index (κ3) is 4.97. The van der Waals surface area contributed by atoms with Crippen LogP contribution in [0.1, 0.15) is 36.8 Å². The molecular weight excluding hydrogens is 480 g/mol. The summed E-state index contributed by atoms with van der Waals surface area (Å²) < 4.78 is 1.70. The summed E-state index contributed by atoms with van der Waals surface area (Å²) in [7, 11) is 3.37. The lowest BCUT2D eigenvalue weighted by atomic mass is 9.80. The minimum atomic E-state index is -0.946. The van der Waals surface area contributed by atoms with Gasteiger partial charge in [-0.05, 0) is 54.2 Å². The van der Waals surface area contributed by atoms with E-state index >= 15 is 0 Å². The number of aryl methyl sites for hydroxylation is 1. The van der Waals surface area contributed by atoms with E-state index in [0.717, 1.165) is 16.0 Å². The molecule has 1 aromatic carbocycles. The molecule has 4 rings (SSSR count). The maximum Gasteiger partial charge on any atom is 0.253 e. The minimum Gasteiger partial charge on any atom is -0.384 e. The van der Waals surface area contributed by atoms with E-state index in [2.05, 4.69) is 9.97 Å². The number of imidazole rings is 1. The van der Waals surface area contributed by atoms with Gasteiger partial charge in [-0.2, -0.15) is 0 Å². The standard InChI is InChI=1S/C26H29ClN6O3/c1-4-17(18-6-5-7-19(27)14-18)15-22(34)33-23(25(36)32(3)26-30-10-11-31(26)2)20(24(33)35)12-16-8-9-29-21(28)13-16/h5-11,13-14,17,20,23H,4,12,15H2,1-3H3,(H2,28,29)/t17-,20+,23-/m0/s1. The van der Waals surface area contributed by atoms with Crippen molar-refractivity contribution in [3.05, 3.63) is 71.1 Å². The van der Waals surface area contributed by atoms with Crippen LogP contribution in [0.15, 0.2) is 55.0 Å². The van der Waals surface area contributed by atoms with Crippen LogP contribution in [0.4, 0.5) is 11.8 Å². The molecule has 0 unspecified atom stereocenters. The van der Waals surface area contributed by atoms with Gasteiger partial charge < -0.3 is 10.3 Å². The Morgan fingerprint density at radius 3 is 2.61 bits per heavy atom. The highest BCUT2D eigenvalue weighted by Crippen LogP contribution is 2.35. The third-order valence-corrected chi connectivity index (χ3v) is 6.93. The number of likely N-dealkylation sites (N-methyl/N-ethyl adjacent to an activating group) is 1. The van der Waals surface area contributed by atoms with Crippen LogP contribution in [-0.2, 0) is 27.9 Å². The number of halogens is 1. The van der Waals surface area contributed by atoms with Crippen molar-refractivity contribution in [2.45, 2.75) is 38.1 Å². The van der Waals surface area contributed by atoms with E-state index in [9.17, 15) is 14.4 Å². The van der Waals surface area contributed by atoms with Crippen molar-refractivity contribution in [2.24, 2.45) is 13.0 Å². The van der Waals surface area contributed by atoms with E-state index in [-0.39, 0.29) is 36.5 Å². The highest BCUT2D eigenvalue weighted by molar-refractivity contribution is 6.30. The molecule has 9 nitrogen and oxygen atoms in total. The number of hydrogen-bond acceptors (Lipinski definition) is 6. The zero-order chi connectivity index (χ0) is 26.0. The number of β-lactam (4-membered cyclic amide) rings is 1. The Morgan fingerprint density at radius 2 is 1.97 bits per heavy atom. The summed E-state index contributed by atoms with van der Waals surface area (Å²) in [6.07, 6.45) is 5.91. The molecule has 2 N–H and O–H groups in total. The first-order chi connectivity index (χ1) is 17.2. The molecule has 1 aliphatic heterocycles. The van der Waals surface area contributed by atoms with Crippen molar-refractivity contribution in [2.75, 3.05) is 17.7 Å². The Morgan fingerprint density at radius 1 is 1.19 bits per heavy atom. The fraction of sp³-hybridized carbons (Fsp3) is 0.346. The highest BCUT2D eigenvalue weighted by Gasteiger charge is 2.55. The van der Waals surface area contributed by atoms with Crippen LogP contribution in [0.25, 0.3) is 0 Å². The lowest BCUT2D eigenvalue weighted by Gasteiger charge is -2.46. The minimum absolute atomic E-state index is 0.0907. The second-order valence-corrected chi connectivity index (χ2v) is 9.48. The first kappa shape index (κ1) is 25.4. The maximum atomic E-state index is 13.6. The normalized spacial score (nSPS) is 18.0. The molecule has 3 atom stereocenters. The molecule has 1 fully saturated rings. The summed E-state index contributed by atoms with van der Waals surface area (Å²) in [6, 6.07) is 9.84. The van der Waals surface area contributed by atoms with Gasteiger partial charge in [0.2, 0.25) is 17.8 Å². The molecule has 3 heterocycles. The van der Waals surface area contributed by atoms with Crippen LogP contribution in [0.2, 0.25) is 5.02 Å². The van der Waals surface area contributed by atoms with Crippen LogP contribution >= 0.6 is 11.6 Å². The van der Waals surface area contributed by atoms with Gasteiger partial charge in [-0.25, -0.2) is 9.97 Å². The van der Waals surface area contributed by atoms with Gasteiger partial charge in [0.05, 0.1) is 5.92 Å². The smallest absolute Gasteiger partial charge is 0.253 e. The predicted molar refractivity (Wildman–Crippen MR) is 137 cm³/mol. The van der Waals surface area contributed by atoms with Crippen molar-refractivity contribution in [1.29, 1.82) is 0 Å². The zero-order valence-electron chi connectivity index (χ0n) is 20.5. The molecule has 1 aliphatic rings. The molecule has 0 spiro atoms. The molecule has 0 bridgehead atoms. The Labute approximate surface area is 214 Å². The number of rotatable bonds is 8. The number of aromatic nitrogens is 3. The van der Waals surface area contributed by atoms with Gasteiger partial charge in [-0.3, -0.25) is 24.2 Å². The van der Waals surface area contributed by atoms with Crippen LogP contribution in [0, 0.1) is 5.92 Å². The second kappa shape index (κ2) is 10.5. The van der Waals surface area contributed by atoms with Crippen LogP contribution in [0.3, 0.4) is 0 Å². The molecule has 0 saturated carbocycles. The van der Waals surface area contributed by atoms with Crippen molar-refractivity contribution >= 4 is 41.1 Å². The van der Waals surface area contributed by atoms with Gasteiger partial charge in [0.15, 0.2) is 0 Å². The first-order valence-corrected chi connectivity index (χ1v) is 12.2. The van der Waals surface area contributed by atoms with Gasteiger partial charge in [0, 0.05) is 44.1 Å². The van der Waals surface area contributed by atoms with Crippen molar-refractivity contribution in [3.63, 3.8) is 0 Å². The molecule has 1 saturated heterocycles. The van der Waals surface area contributed by atoms with E-state index in [1.165, 1.54) is 4.90 Å². The number of likely N-dealkylation sites (tertiary alicyclic amines) is 1. The number of pyridine rings is 1. The molecule has 188 valence electrons. The molecule has 0 radical (unpaired) electrons. The number of imide groups is 1. The molecule has 36 heavy (non-hydrogen) atoms. The first-order valence-electron chi connectivity index (χ1n) is 11.8. The van der Waals surface area contributed by atoms with Gasteiger partial charge in [-0.1, -0.05) is 30.7 Å². The van der Waals surface area contributed by atoms with E-state index in [1.807, 2.05) is 25.1 Å². The molecule has 10 heteroatoms. The lowest BCUT2D eigenvalue weighted by molar-refractivity contribution is -0.170. The summed E-state index contributed by atoms with van der Waals surface area (Å²) in [5, 5.41) is 0.583. The topological polar surface area (TPSA) is 114 Å². The van der Waals surface area contributed by atoms with E-state index in [1.54, 1.807) is 55.5 Å². The second-order valence-electron chi connectivity index (χ2n) is 9.05. The molecule has 3 amide bonds.